The molecule has 0 aromatic heterocycles. The van der Waals surface area contributed by atoms with Gasteiger partial charge in [0.1, 0.15) is 0 Å². The minimum absolute atomic E-state index is 0.0809. The van der Waals surface area contributed by atoms with Crippen molar-refractivity contribution in [3.63, 3.8) is 0 Å². The average molecular weight is 297 g/mol. The summed E-state index contributed by atoms with van der Waals surface area (Å²) >= 11 is 0. The first kappa shape index (κ1) is 15.6. The molecule has 0 radical (unpaired) electrons. The first-order valence-corrected chi connectivity index (χ1v) is 7.56. The molecule has 0 spiro atoms. The molecule has 2 rings (SSSR count). The van der Waals surface area contributed by atoms with Crippen molar-refractivity contribution in [3.8, 4) is 0 Å². The third-order valence-corrected chi connectivity index (χ3v) is 4.20. The van der Waals surface area contributed by atoms with Crippen LogP contribution in [0.5, 0.6) is 0 Å². The number of hydrogen-bond acceptors (Lipinski definition) is 3. The zero-order chi connectivity index (χ0) is 15.3. The normalized spacial score (nSPS) is 20.4. The predicted molar refractivity (Wildman–Crippen MR) is 75.7 cm³/mol. The first-order valence-electron chi connectivity index (χ1n) is 7.56. The molecule has 0 aromatic carbocycles. The van der Waals surface area contributed by atoms with E-state index >= 15 is 0 Å². The van der Waals surface area contributed by atoms with Crippen molar-refractivity contribution in [3.05, 3.63) is 0 Å². The van der Waals surface area contributed by atoms with Crippen LogP contribution in [0.1, 0.15) is 44.9 Å². The Labute approximate surface area is 123 Å². The highest BCUT2D eigenvalue weighted by Crippen LogP contribution is 2.35. The van der Waals surface area contributed by atoms with Crippen LogP contribution >= 0.6 is 0 Å². The summed E-state index contributed by atoms with van der Waals surface area (Å²) in [6.07, 6.45) is 5.97. The molecule has 0 heterocycles. The zero-order valence-electron chi connectivity index (χ0n) is 12.1. The Bertz CT molecular complexity index is 414. The molecule has 0 aliphatic heterocycles. The number of hydrogen-bond donors (Lipinski definition) is 4. The highest BCUT2D eigenvalue weighted by atomic mass is 16.4. The minimum atomic E-state index is -0.855. The zero-order valence-corrected chi connectivity index (χ0v) is 12.1. The van der Waals surface area contributed by atoms with Gasteiger partial charge in [-0.25, -0.2) is 4.79 Å². The minimum Gasteiger partial charge on any atom is -0.481 e. The van der Waals surface area contributed by atoms with Crippen molar-refractivity contribution >= 4 is 17.9 Å². The molecular formula is C14H23N3O4. The van der Waals surface area contributed by atoms with Gasteiger partial charge in [-0.1, -0.05) is 19.3 Å². The van der Waals surface area contributed by atoms with Crippen LogP contribution < -0.4 is 16.0 Å². The van der Waals surface area contributed by atoms with Crippen LogP contribution in [0.3, 0.4) is 0 Å². The van der Waals surface area contributed by atoms with Crippen LogP contribution in [0.2, 0.25) is 0 Å². The van der Waals surface area contributed by atoms with Crippen molar-refractivity contribution < 1.29 is 19.5 Å². The van der Waals surface area contributed by atoms with Crippen LogP contribution in [0.15, 0.2) is 0 Å². The number of aliphatic carboxylic acids is 1. The molecule has 21 heavy (non-hydrogen) atoms. The summed E-state index contributed by atoms with van der Waals surface area (Å²) in [5.74, 6) is -1.06. The fourth-order valence-electron chi connectivity index (χ4n) is 2.67. The maximum absolute atomic E-state index is 11.7. The number of carbonyl (C=O) groups is 3. The molecule has 2 fully saturated rings. The van der Waals surface area contributed by atoms with Gasteiger partial charge in [0, 0.05) is 12.6 Å². The summed E-state index contributed by atoms with van der Waals surface area (Å²) in [6.45, 7) is 0.0286. The van der Waals surface area contributed by atoms with Crippen molar-refractivity contribution in [2.45, 2.75) is 51.0 Å². The smallest absolute Gasteiger partial charge is 0.315 e. The summed E-state index contributed by atoms with van der Waals surface area (Å²) in [5, 5.41) is 17.2. The standard InChI is InChI=1S/C14H23N3O4/c18-11(17-10-4-5-10)8-15-13(21)16-9-14(12(19)20)6-2-1-3-7-14/h10H,1-9H2,(H,17,18)(H,19,20)(H2,15,16,21). The molecule has 2 aliphatic rings. The van der Waals surface area contributed by atoms with Gasteiger partial charge in [-0.15, -0.1) is 0 Å². The third-order valence-electron chi connectivity index (χ3n) is 4.20. The van der Waals surface area contributed by atoms with E-state index in [9.17, 15) is 19.5 Å². The fourth-order valence-corrected chi connectivity index (χ4v) is 2.67. The summed E-state index contributed by atoms with van der Waals surface area (Å²) in [6, 6.07) is -0.230. The largest absolute Gasteiger partial charge is 0.481 e. The third kappa shape index (κ3) is 4.61. The summed E-state index contributed by atoms with van der Waals surface area (Å²) < 4.78 is 0. The number of carboxylic acids is 1. The number of nitrogens with one attached hydrogen (secondary N) is 3. The maximum Gasteiger partial charge on any atom is 0.315 e. The van der Waals surface area contributed by atoms with E-state index in [1.165, 1.54) is 0 Å². The number of rotatable bonds is 6. The SMILES string of the molecule is O=C(CNC(=O)NCC1(C(=O)O)CCCCC1)NC1CC1. The van der Waals surface area contributed by atoms with Gasteiger partial charge in [-0.3, -0.25) is 9.59 Å². The fraction of sp³-hybridized carbons (Fsp3) is 0.786. The lowest BCUT2D eigenvalue weighted by Gasteiger charge is -2.33. The summed E-state index contributed by atoms with van der Waals surface area (Å²) in [4.78, 5) is 34.5. The highest BCUT2D eigenvalue weighted by molar-refractivity contribution is 5.84. The van der Waals surface area contributed by atoms with Crippen LogP contribution in [-0.2, 0) is 9.59 Å². The molecule has 118 valence electrons. The number of carbonyl (C=O) groups excluding carboxylic acids is 2. The van der Waals surface area contributed by atoms with E-state index < -0.39 is 17.4 Å². The Morgan fingerprint density at radius 1 is 1.05 bits per heavy atom. The average Bonchev–Trinajstić information content (AvgIpc) is 3.27. The molecule has 7 nitrogen and oxygen atoms in total. The van der Waals surface area contributed by atoms with Gasteiger partial charge in [0.05, 0.1) is 12.0 Å². The van der Waals surface area contributed by atoms with E-state index in [1.54, 1.807) is 0 Å². The van der Waals surface area contributed by atoms with Crippen molar-refractivity contribution in [2.75, 3.05) is 13.1 Å². The lowest BCUT2D eigenvalue weighted by atomic mass is 9.74. The Kier molecular flexibility index (Phi) is 5.03. The van der Waals surface area contributed by atoms with Crippen LogP contribution in [0.4, 0.5) is 4.79 Å². The second-order valence-electron chi connectivity index (χ2n) is 6.02. The van der Waals surface area contributed by atoms with E-state index in [2.05, 4.69) is 16.0 Å². The van der Waals surface area contributed by atoms with Crippen LogP contribution in [-0.4, -0.2) is 42.1 Å². The Hall–Kier alpha value is -1.79. The molecule has 0 unspecified atom stereocenters. The first-order chi connectivity index (χ1) is 10.0. The molecule has 2 aliphatic carbocycles. The summed E-state index contributed by atoms with van der Waals surface area (Å²) in [7, 11) is 0. The predicted octanol–water partition coefficient (Wildman–Crippen LogP) is 0.599. The molecular weight excluding hydrogens is 274 g/mol. The molecule has 0 atom stereocenters. The second kappa shape index (κ2) is 6.78. The quantitative estimate of drug-likeness (QED) is 0.576. The van der Waals surface area contributed by atoms with Crippen molar-refractivity contribution in [1.29, 1.82) is 0 Å². The lowest BCUT2D eigenvalue weighted by Crippen LogP contribution is -2.48. The van der Waals surface area contributed by atoms with Crippen LogP contribution in [0, 0.1) is 5.41 Å². The molecule has 4 N–H and O–H groups in total. The van der Waals surface area contributed by atoms with Crippen molar-refractivity contribution in [1.82, 2.24) is 16.0 Å². The maximum atomic E-state index is 11.7. The molecule has 7 heteroatoms. The molecule has 0 aromatic rings. The Balaban J connectivity index is 1.71. The van der Waals surface area contributed by atoms with E-state index in [1.807, 2.05) is 0 Å². The number of amides is 3. The van der Waals surface area contributed by atoms with Gasteiger partial charge in [0.25, 0.3) is 0 Å². The number of urea groups is 1. The topological polar surface area (TPSA) is 108 Å². The van der Waals surface area contributed by atoms with Gasteiger partial charge in [0.2, 0.25) is 5.91 Å². The second-order valence-corrected chi connectivity index (χ2v) is 6.02. The highest BCUT2D eigenvalue weighted by Gasteiger charge is 2.39. The molecule has 2 saturated carbocycles. The molecule has 3 amide bonds. The molecule has 0 saturated heterocycles. The van der Waals surface area contributed by atoms with Crippen molar-refractivity contribution in [2.24, 2.45) is 5.41 Å². The monoisotopic (exact) mass is 297 g/mol. The lowest BCUT2D eigenvalue weighted by molar-refractivity contribution is -0.150. The summed E-state index contributed by atoms with van der Waals surface area (Å²) in [5.41, 5.74) is -0.855. The van der Waals surface area contributed by atoms with E-state index in [0.29, 0.717) is 12.8 Å². The number of carboxylic acid groups (broad SMARTS) is 1. The van der Waals surface area contributed by atoms with Crippen LogP contribution in [0.25, 0.3) is 0 Å². The van der Waals surface area contributed by atoms with E-state index in [0.717, 1.165) is 32.1 Å². The Morgan fingerprint density at radius 2 is 1.71 bits per heavy atom. The van der Waals surface area contributed by atoms with Gasteiger partial charge in [0.15, 0.2) is 0 Å². The molecule has 0 bridgehead atoms. The van der Waals surface area contributed by atoms with E-state index in [-0.39, 0.29) is 25.0 Å². The van der Waals surface area contributed by atoms with Gasteiger partial charge in [-0.05, 0) is 25.7 Å². The Morgan fingerprint density at radius 3 is 2.29 bits per heavy atom. The van der Waals surface area contributed by atoms with Gasteiger partial charge >= 0.3 is 12.0 Å². The van der Waals surface area contributed by atoms with E-state index in [4.69, 9.17) is 0 Å². The van der Waals surface area contributed by atoms with Gasteiger partial charge in [-0.2, -0.15) is 0 Å². The van der Waals surface area contributed by atoms with Gasteiger partial charge < -0.3 is 21.1 Å².